The number of nitrogens with zero attached hydrogens (tertiary/aromatic N) is 6. The van der Waals surface area contributed by atoms with Crippen molar-refractivity contribution < 1.29 is 0 Å². The van der Waals surface area contributed by atoms with Crippen molar-refractivity contribution in [2.45, 2.75) is 79.6 Å². The van der Waals surface area contributed by atoms with E-state index in [0.717, 1.165) is 22.7 Å². The lowest BCUT2D eigenvalue weighted by Crippen LogP contribution is -2.59. The number of aromatic nitrogens is 2. The van der Waals surface area contributed by atoms with Crippen LogP contribution in [0.1, 0.15) is 55.4 Å². The Morgan fingerprint density at radius 3 is 1.00 bits per heavy atom. The molecule has 0 radical (unpaired) electrons. The van der Waals surface area contributed by atoms with Crippen LogP contribution >= 0.6 is 0 Å². The minimum atomic E-state index is 0.00158. The molecule has 4 heterocycles. The van der Waals surface area contributed by atoms with Crippen molar-refractivity contribution in [3.05, 3.63) is 176 Å². The third kappa shape index (κ3) is 6.30. The summed E-state index contributed by atoms with van der Waals surface area (Å²) in [6.07, 6.45) is 0. The lowest BCUT2D eigenvalue weighted by atomic mass is 9.34. The van der Waals surface area contributed by atoms with Crippen LogP contribution in [0.2, 0.25) is 0 Å². The Balaban J connectivity index is 1.26. The van der Waals surface area contributed by atoms with Crippen molar-refractivity contribution in [3.8, 4) is 11.4 Å². The van der Waals surface area contributed by atoms with Gasteiger partial charge in [0.15, 0.2) is 0 Å². The molecule has 0 unspecified atom stereocenters. The van der Waals surface area contributed by atoms with Crippen molar-refractivity contribution >= 4 is 90.7 Å². The molecule has 0 saturated heterocycles. The van der Waals surface area contributed by atoms with E-state index < -0.39 is 0 Å². The zero-order valence-electron chi connectivity index (χ0n) is 38.8. The second-order valence-corrected chi connectivity index (χ2v) is 18.9. The molecule has 0 amide bonds. The number of hydrogen-bond donors (Lipinski definition) is 0. The number of anilines is 8. The standard InChI is InChI=1S/C58H57BN6/c1-38(2)60(39(3)4)54-36-46-50(62(42-22-13-9-14-23-42)43-24-15-10-16-25-43)34-32-48-57(46)64(54)52-30-21-31-53-56(52)59(48)49-33-35-51(47-37-55(65(53)58(47)49)61(40(5)6)41(7)8)63(44-26-17-11-18-27-44)45-28-19-12-20-29-45/h9-41H,1-8H3. The maximum absolute atomic E-state index is 2.62. The Bertz CT molecular complexity index is 2880. The molecule has 2 aliphatic rings. The summed E-state index contributed by atoms with van der Waals surface area (Å²) in [6.45, 7) is 18.6. The van der Waals surface area contributed by atoms with Crippen LogP contribution in [0.5, 0.6) is 0 Å². The SMILES string of the molecule is CC(C)N(c1cc2c(N(c3ccccc3)c3ccccc3)ccc3c2n1-c1cccc2c1B3c1ccc(N(c3ccccc3)c3ccccc3)c3cc(N(C(C)C)C(C)C)n-2c13)C(C)C. The minimum absolute atomic E-state index is 0.00158. The predicted molar refractivity (Wildman–Crippen MR) is 280 cm³/mol. The van der Waals surface area contributed by atoms with Crippen molar-refractivity contribution in [3.63, 3.8) is 0 Å². The van der Waals surface area contributed by atoms with Gasteiger partial charge in [0, 0.05) is 69.1 Å². The van der Waals surface area contributed by atoms with E-state index in [-0.39, 0.29) is 30.9 Å². The van der Waals surface area contributed by atoms with Gasteiger partial charge in [0.05, 0.1) is 22.4 Å². The van der Waals surface area contributed by atoms with Crippen LogP contribution in [-0.4, -0.2) is 40.0 Å². The summed E-state index contributed by atoms with van der Waals surface area (Å²) in [5, 5.41) is 2.49. The molecule has 65 heavy (non-hydrogen) atoms. The number of para-hydroxylation sites is 4. The highest BCUT2D eigenvalue weighted by Crippen LogP contribution is 2.47. The summed E-state index contributed by atoms with van der Waals surface area (Å²) in [4.78, 5) is 10.1. The van der Waals surface area contributed by atoms with Crippen LogP contribution in [0.3, 0.4) is 0 Å². The molecule has 0 bridgehead atoms. The molecule has 0 saturated carbocycles. The molecule has 0 fully saturated rings. The van der Waals surface area contributed by atoms with Crippen LogP contribution in [0.4, 0.5) is 45.8 Å². The maximum Gasteiger partial charge on any atom is 0.252 e. The van der Waals surface area contributed by atoms with Crippen LogP contribution in [0.15, 0.2) is 176 Å². The van der Waals surface area contributed by atoms with Crippen molar-refractivity contribution in [1.29, 1.82) is 0 Å². The van der Waals surface area contributed by atoms with E-state index in [2.05, 4.69) is 260 Å². The van der Waals surface area contributed by atoms with Crippen molar-refractivity contribution in [2.24, 2.45) is 0 Å². The van der Waals surface area contributed by atoms with E-state index >= 15 is 0 Å². The zero-order valence-corrected chi connectivity index (χ0v) is 38.8. The Hall–Kier alpha value is -7.12. The van der Waals surface area contributed by atoms with Crippen molar-refractivity contribution in [2.75, 3.05) is 19.6 Å². The largest absolute Gasteiger partial charge is 0.353 e. The third-order valence-corrected chi connectivity index (χ3v) is 13.6. The van der Waals surface area contributed by atoms with Gasteiger partial charge < -0.3 is 19.6 Å². The van der Waals surface area contributed by atoms with Gasteiger partial charge in [-0.2, -0.15) is 0 Å². The van der Waals surface area contributed by atoms with E-state index in [1.165, 1.54) is 72.6 Å². The summed E-state index contributed by atoms with van der Waals surface area (Å²) in [5.74, 6) is 2.44. The first-order valence-electron chi connectivity index (χ1n) is 23.5. The fourth-order valence-corrected chi connectivity index (χ4v) is 11.5. The first-order valence-corrected chi connectivity index (χ1v) is 23.5. The van der Waals surface area contributed by atoms with Gasteiger partial charge in [-0.05, 0) is 157 Å². The van der Waals surface area contributed by atoms with E-state index in [4.69, 9.17) is 0 Å². The molecule has 11 rings (SSSR count). The quantitative estimate of drug-likeness (QED) is 0.114. The monoisotopic (exact) mass is 848 g/mol. The predicted octanol–water partition coefficient (Wildman–Crippen LogP) is 12.9. The normalized spacial score (nSPS) is 12.5. The minimum Gasteiger partial charge on any atom is -0.353 e. The van der Waals surface area contributed by atoms with Crippen LogP contribution in [0, 0.1) is 0 Å². The van der Waals surface area contributed by atoms with Gasteiger partial charge >= 0.3 is 0 Å². The van der Waals surface area contributed by atoms with Gasteiger partial charge in [0.1, 0.15) is 11.6 Å². The van der Waals surface area contributed by atoms with Gasteiger partial charge in [0.25, 0.3) is 6.71 Å². The van der Waals surface area contributed by atoms with Crippen molar-refractivity contribution in [1.82, 2.24) is 9.13 Å². The van der Waals surface area contributed by atoms with E-state index in [1.807, 2.05) is 0 Å². The molecule has 9 aromatic rings. The highest BCUT2D eigenvalue weighted by atomic mass is 15.3. The van der Waals surface area contributed by atoms with Crippen LogP contribution in [-0.2, 0) is 0 Å². The molecule has 0 aliphatic carbocycles. The first-order chi connectivity index (χ1) is 31.6. The summed E-state index contributed by atoms with van der Waals surface area (Å²) in [5.41, 5.74) is 15.9. The lowest BCUT2D eigenvalue weighted by Gasteiger charge is -2.39. The molecule has 322 valence electrons. The second-order valence-electron chi connectivity index (χ2n) is 18.9. The Kier molecular flexibility index (Phi) is 9.91. The maximum atomic E-state index is 2.62. The van der Waals surface area contributed by atoms with Gasteiger partial charge in [-0.25, -0.2) is 0 Å². The van der Waals surface area contributed by atoms with Gasteiger partial charge in [0.2, 0.25) is 0 Å². The van der Waals surface area contributed by atoms with Gasteiger partial charge in [-0.15, -0.1) is 0 Å². The van der Waals surface area contributed by atoms with Gasteiger partial charge in [-0.1, -0.05) is 91.0 Å². The second kappa shape index (κ2) is 15.8. The topological polar surface area (TPSA) is 22.8 Å². The summed E-state index contributed by atoms with van der Waals surface area (Å²) in [7, 11) is 0. The number of hydrogen-bond acceptors (Lipinski definition) is 4. The highest BCUT2D eigenvalue weighted by molar-refractivity contribution is 7.00. The molecular formula is C58H57BN6. The molecule has 7 aromatic carbocycles. The fourth-order valence-electron chi connectivity index (χ4n) is 11.5. The smallest absolute Gasteiger partial charge is 0.252 e. The lowest BCUT2D eigenvalue weighted by molar-refractivity contribution is 0.596. The summed E-state index contributed by atoms with van der Waals surface area (Å²) >= 11 is 0. The Morgan fingerprint density at radius 2 is 0.692 bits per heavy atom. The molecule has 6 nitrogen and oxygen atoms in total. The summed E-state index contributed by atoms with van der Waals surface area (Å²) < 4.78 is 5.24. The average molecular weight is 849 g/mol. The number of fused-ring (bicyclic) bond motifs is 4. The van der Waals surface area contributed by atoms with E-state index in [9.17, 15) is 0 Å². The zero-order chi connectivity index (χ0) is 44.7. The molecule has 7 heteroatoms. The van der Waals surface area contributed by atoms with Gasteiger partial charge in [-0.3, -0.25) is 9.13 Å². The molecular weight excluding hydrogens is 791 g/mol. The average Bonchev–Trinajstić information content (AvgIpc) is 3.89. The molecule has 0 atom stereocenters. The Morgan fingerprint density at radius 1 is 0.369 bits per heavy atom. The number of rotatable bonds is 12. The molecule has 0 N–H and O–H groups in total. The van der Waals surface area contributed by atoms with Crippen LogP contribution < -0.4 is 36.0 Å². The third-order valence-electron chi connectivity index (χ3n) is 13.6. The highest BCUT2D eigenvalue weighted by Gasteiger charge is 2.43. The molecule has 2 aliphatic heterocycles. The number of benzene rings is 7. The fraction of sp³-hybridized carbons (Fsp3) is 0.207. The van der Waals surface area contributed by atoms with Crippen LogP contribution in [0.25, 0.3) is 33.2 Å². The molecule has 2 aromatic heterocycles. The van der Waals surface area contributed by atoms with E-state index in [0.29, 0.717) is 0 Å². The first kappa shape index (κ1) is 40.6. The molecule has 0 spiro atoms. The summed E-state index contributed by atoms with van der Waals surface area (Å²) in [6, 6.07) is 66.2. The Labute approximate surface area is 384 Å². The van der Waals surface area contributed by atoms with E-state index in [1.54, 1.807) is 0 Å².